The molecule has 0 unspecified atom stereocenters. The fourth-order valence-electron chi connectivity index (χ4n) is 3.49. The van der Waals surface area contributed by atoms with E-state index in [1.807, 2.05) is 24.4 Å². The van der Waals surface area contributed by atoms with Crippen molar-refractivity contribution in [3.05, 3.63) is 66.1 Å². The molecule has 0 atom stereocenters. The molecular weight excluding hydrogens is 359 g/mol. The average molecular weight is 380 g/mol. The Balaban J connectivity index is 1.28. The SMILES string of the molecule is O=C(CN1CCN(c2ccc(F)cc2)C1=O)NCCc1c[nH]c2ccccc12. The fourth-order valence-corrected chi connectivity index (χ4v) is 3.49. The van der Waals surface area contributed by atoms with E-state index in [1.54, 1.807) is 17.0 Å². The number of carbonyl (C=O) groups is 2. The van der Waals surface area contributed by atoms with E-state index in [0.29, 0.717) is 31.7 Å². The van der Waals surface area contributed by atoms with Gasteiger partial charge in [-0.05, 0) is 42.3 Å². The first-order valence-electron chi connectivity index (χ1n) is 9.25. The Kier molecular flexibility index (Phi) is 4.97. The van der Waals surface area contributed by atoms with Crippen molar-refractivity contribution in [1.29, 1.82) is 0 Å². The van der Waals surface area contributed by atoms with Gasteiger partial charge in [-0.15, -0.1) is 0 Å². The molecular formula is C21H21FN4O2. The molecule has 1 aliphatic heterocycles. The smallest absolute Gasteiger partial charge is 0.325 e. The Morgan fingerprint density at radius 3 is 2.71 bits per heavy atom. The third kappa shape index (κ3) is 3.69. The molecule has 2 aromatic carbocycles. The molecule has 0 saturated carbocycles. The average Bonchev–Trinajstić information content (AvgIpc) is 3.27. The zero-order valence-corrected chi connectivity index (χ0v) is 15.3. The summed E-state index contributed by atoms with van der Waals surface area (Å²) in [5.41, 5.74) is 2.86. The van der Waals surface area contributed by atoms with E-state index in [4.69, 9.17) is 0 Å². The summed E-state index contributed by atoms with van der Waals surface area (Å²) >= 11 is 0. The maximum Gasteiger partial charge on any atom is 0.325 e. The van der Waals surface area contributed by atoms with Gasteiger partial charge >= 0.3 is 6.03 Å². The highest BCUT2D eigenvalue weighted by molar-refractivity contribution is 5.96. The van der Waals surface area contributed by atoms with E-state index in [2.05, 4.69) is 16.4 Å². The number of urea groups is 1. The van der Waals surface area contributed by atoms with E-state index in [9.17, 15) is 14.0 Å². The predicted octanol–water partition coefficient (Wildman–Crippen LogP) is 2.91. The van der Waals surface area contributed by atoms with Gasteiger partial charge in [0.15, 0.2) is 0 Å². The van der Waals surface area contributed by atoms with Crippen LogP contribution in [-0.2, 0) is 11.2 Å². The first kappa shape index (κ1) is 18.0. The summed E-state index contributed by atoms with van der Waals surface area (Å²) < 4.78 is 13.1. The van der Waals surface area contributed by atoms with Crippen LogP contribution in [-0.4, -0.2) is 48.0 Å². The number of para-hydroxylation sites is 1. The molecule has 0 radical (unpaired) electrons. The number of rotatable bonds is 6. The summed E-state index contributed by atoms with van der Waals surface area (Å²) in [5.74, 6) is -0.532. The molecule has 3 aromatic rings. The molecule has 0 bridgehead atoms. The van der Waals surface area contributed by atoms with E-state index in [-0.39, 0.29) is 24.3 Å². The number of nitrogens with zero attached hydrogens (tertiary/aromatic N) is 2. The van der Waals surface area contributed by atoms with Gasteiger partial charge < -0.3 is 15.2 Å². The lowest BCUT2D eigenvalue weighted by Gasteiger charge is -2.18. The molecule has 3 amide bonds. The van der Waals surface area contributed by atoms with Gasteiger partial charge in [0.25, 0.3) is 0 Å². The summed E-state index contributed by atoms with van der Waals surface area (Å²) in [5, 5.41) is 4.03. The van der Waals surface area contributed by atoms with Gasteiger partial charge in [0.05, 0.1) is 0 Å². The number of amides is 3. The molecule has 2 N–H and O–H groups in total. The molecule has 6 nitrogen and oxygen atoms in total. The second kappa shape index (κ2) is 7.72. The number of aromatic amines is 1. The minimum atomic E-state index is -0.346. The Hall–Kier alpha value is -3.35. The van der Waals surface area contributed by atoms with Gasteiger partial charge in [-0.2, -0.15) is 0 Å². The number of H-pyrrole nitrogens is 1. The third-order valence-electron chi connectivity index (χ3n) is 4.96. The molecule has 1 fully saturated rings. The van der Waals surface area contributed by atoms with Crippen molar-refractivity contribution in [2.75, 3.05) is 31.1 Å². The molecule has 4 rings (SSSR count). The number of nitrogens with one attached hydrogen (secondary N) is 2. The summed E-state index contributed by atoms with van der Waals surface area (Å²) in [6.45, 7) is 1.47. The summed E-state index contributed by atoms with van der Waals surface area (Å²) in [6, 6.07) is 13.6. The molecule has 1 saturated heterocycles. The number of benzene rings is 2. The first-order valence-corrected chi connectivity index (χ1v) is 9.25. The van der Waals surface area contributed by atoms with Crippen molar-refractivity contribution < 1.29 is 14.0 Å². The van der Waals surface area contributed by atoms with Gasteiger partial charge in [-0.1, -0.05) is 18.2 Å². The molecule has 1 aliphatic rings. The van der Waals surface area contributed by atoms with Crippen LogP contribution < -0.4 is 10.2 Å². The van der Waals surface area contributed by atoms with Crippen LogP contribution in [0.4, 0.5) is 14.9 Å². The van der Waals surface area contributed by atoms with Crippen LogP contribution >= 0.6 is 0 Å². The standard InChI is InChI=1S/C21H21FN4O2/c22-16-5-7-17(8-6-16)26-12-11-25(21(26)28)14-20(27)23-10-9-15-13-24-19-4-2-1-3-18(15)19/h1-8,13,24H,9-12,14H2,(H,23,27). The lowest BCUT2D eigenvalue weighted by Crippen LogP contribution is -2.40. The molecule has 0 spiro atoms. The number of hydrogen-bond donors (Lipinski definition) is 2. The number of carbonyl (C=O) groups excluding carboxylic acids is 2. The van der Waals surface area contributed by atoms with Crippen LogP contribution in [0.5, 0.6) is 0 Å². The lowest BCUT2D eigenvalue weighted by atomic mass is 10.1. The van der Waals surface area contributed by atoms with Crippen LogP contribution in [0.25, 0.3) is 10.9 Å². The van der Waals surface area contributed by atoms with Crippen molar-refractivity contribution in [3.63, 3.8) is 0 Å². The lowest BCUT2D eigenvalue weighted by molar-refractivity contribution is -0.121. The number of anilines is 1. The van der Waals surface area contributed by atoms with Crippen molar-refractivity contribution in [1.82, 2.24) is 15.2 Å². The molecule has 0 aliphatic carbocycles. The highest BCUT2D eigenvalue weighted by Gasteiger charge is 2.30. The summed E-state index contributed by atoms with van der Waals surface area (Å²) in [7, 11) is 0. The third-order valence-corrected chi connectivity index (χ3v) is 4.96. The van der Waals surface area contributed by atoms with E-state index >= 15 is 0 Å². The Bertz CT molecular complexity index is 999. The highest BCUT2D eigenvalue weighted by Crippen LogP contribution is 2.20. The number of fused-ring (bicyclic) bond motifs is 1. The Morgan fingerprint density at radius 1 is 1.11 bits per heavy atom. The first-order chi connectivity index (χ1) is 13.6. The van der Waals surface area contributed by atoms with E-state index in [1.165, 1.54) is 17.0 Å². The minimum absolute atomic E-state index is 0.0183. The molecule has 7 heteroatoms. The number of halogens is 1. The zero-order valence-electron chi connectivity index (χ0n) is 15.3. The normalized spacial score (nSPS) is 14.1. The topological polar surface area (TPSA) is 68.4 Å². The van der Waals surface area contributed by atoms with Crippen LogP contribution in [0, 0.1) is 5.82 Å². The van der Waals surface area contributed by atoms with Crippen LogP contribution in [0.2, 0.25) is 0 Å². The van der Waals surface area contributed by atoms with Gasteiger partial charge in [-0.25, -0.2) is 9.18 Å². The summed E-state index contributed by atoms with van der Waals surface area (Å²) in [6.07, 6.45) is 2.67. The van der Waals surface area contributed by atoms with Crippen molar-refractivity contribution in [2.24, 2.45) is 0 Å². The van der Waals surface area contributed by atoms with Crippen LogP contribution in [0.15, 0.2) is 54.7 Å². The number of hydrogen-bond acceptors (Lipinski definition) is 2. The number of aromatic nitrogens is 1. The van der Waals surface area contributed by atoms with Crippen molar-refractivity contribution >= 4 is 28.5 Å². The molecule has 144 valence electrons. The monoisotopic (exact) mass is 380 g/mol. The van der Waals surface area contributed by atoms with Crippen LogP contribution in [0.3, 0.4) is 0 Å². The minimum Gasteiger partial charge on any atom is -0.361 e. The highest BCUT2D eigenvalue weighted by atomic mass is 19.1. The molecule has 1 aromatic heterocycles. The maximum absolute atomic E-state index is 13.1. The van der Waals surface area contributed by atoms with Gasteiger partial charge in [0.1, 0.15) is 12.4 Å². The van der Waals surface area contributed by atoms with E-state index in [0.717, 1.165) is 16.5 Å². The second-order valence-electron chi connectivity index (χ2n) is 6.79. The van der Waals surface area contributed by atoms with Crippen molar-refractivity contribution in [3.8, 4) is 0 Å². The van der Waals surface area contributed by atoms with E-state index < -0.39 is 0 Å². The second-order valence-corrected chi connectivity index (χ2v) is 6.79. The quantitative estimate of drug-likeness (QED) is 0.690. The van der Waals surface area contributed by atoms with Gasteiger partial charge in [-0.3, -0.25) is 9.69 Å². The Morgan fingerprint density at radius 2 is 1.89 bits per heavy atom. The Labute approximate surface area is 161 Å². The zero-order chi connectivity index (χ0) is 19.5. The maximum atomic E-state index is 13.1. The predicted molar refractivity (Wildman–Crippen MR) is 106 cm³/mol. The molecule has 28 heavy (non-hydrogen) atoms. The van der Waals surface area contributed by atoms with Gasteiger partial charge in [0, 0.05) is 42.4 Å². The largest absolute Gasteiger partial charge is 0.361 e. The van der Waals surface area contributed by atoms with Crippen LogP contribution in [0.1, 0.15) is 5.56 Å². The van der Waals surface area contributed by atoms with Crippen molar-refractivity contribution in [2.45, 2.75) is 6.42 Å². The summed E-state index contributed by atoms with van der Waals surface area (Å²) in [4.78, 5) is 31.0. The molecule has 2 heterocycles. The fraction of sp³-hybridized carbons (Fsp3) is 0.238. The van der Waals surface area contributed by atoms with Gasteiger partial charge in [0.2, 0.25) is 5.91 Å².